The van der Waals surface area contributed by atoms with Gasteiger partial charge in [0.15, 0.2) is 0 Å². The zero-order valence-corrected chi connectivity index (χ0v) is 21.7. The number of carbonyl (C=O) groups excluding carboxylic acids is 1. The van der Waals surface area contributed by atoms with Crippen LogP contribution in [0.1, 0.15) is 21.3 Å². The molecular formula is C23H28Cl2N4OS2. The minimum absolute atomic E-state index is 0. The minimum Gasteiger partial charge on any atom is -0.340 e. The fraction of sp³-hybridized carbons (Fsp3) is 0.435. The van der Waals surface area contributed by atoms with Crippen molar-refractivity contribution in [2.75, 3.05) is 33.2 Å². The smallest absolute Gasteiger partial charge is 0.226 e. The summed E-state index contributed by atoms with van der Waals surface area (Å²) in [6.07, 6.45) is 1.34. The van der Waals surface area contributed by atoms with Crippen molar-refractivity contribution >= 4 is 52.6 Å². The standard InChI is InChI=1S/C23H27ClN4OS2.ClH/c1-15-22(31-16(2)25-15)20-14-30-21(26-20)13-18(12-17-4-6-19(24)7-5-17)23(29)28-10-8-27(3)9-11-28;/h4-7,14,18H,8-13H2,1-3H3;1H. The Morgan fingerprint density at radius 1 is 1.09 bits per heavy atom. The second-order valence-electron chi connectivity index (χ2n) is 8.13. The van der Waals surface area contributed by atoms with Crippen LogP contribution in [0, 0.1) is 19.8 Å². The van der Waals surface area contributed by atoms with Gasteiger partial charge in [0.1, 0.15) is 0 Å². The summed E-state index contributed by atoms with van der Waals surface area (Å²) in [5, 5.41) is 4.86. The maximum Gasteiger partial charge on any atom is 0.226 e. The molecule has 1 unspecified atom stereocenters. The molecule has 5 nitrogen and oxygen atoms in total. The van der Waals surface area contributed by atoms with Crippen LogP contribution in [0.5, 0.6) is 0 Å². The van der Waals surface area contributed by atoms with Gasteiger partial charge >= 0.3 is 0 Å². The quantitative estimate of drug-likeness (QED) is 0.460. The van der Waals surface area contributed by atoms with E-state index >= 15 is 0 Å². The minimum atomic E-state index is -0.132. The first-order valence-electron chi connectivity index (χ1n) is 10.5. The number of benzene rings is 1. The van der Waals surface area contributed by atoms with Gasteiger partial charge in [0.2, 0.25) is 5.91 Å². The highest BCUT2D eigenvalue weighted by Crippen LogP contribution is 2.31. The van der Waals surface area contributed by atoms with E-state index in [-0.39, 0.29) is 24.2 Å². The van der Waals surface area contributed by atoms with Gasteiger partial charge in [-0.2, -0.15) is 0 Å². The summed E-state index contributed by atoms with van der Waals surface area (Å²) in [6.45, 7) is 7.46. The van der Waals surface area contributed by atoms with Crippen molar-refractivity contribution in [3.05, 3.63) is 55.9 Å². The average Bonchev–Trinajstić information content (AvgIpc) is 3.34. The number of aryl methyl sites for hydroxylation is 2. The van der Waals surface area contributed by atoms with Gasteiger partial charge in [0.05, 0.1) is 26.3 Å². The van der Waals surface area contributed by atoms with Crippen molar-refractivity contribution in [3.8, 4) is 10.6 Å². The Balaban J connectivity index is 0.00000289. The largest absolute Gasteiger partial charge is 0.340 e. The molecule has 0 saturated carbocycles. The number of rotatable bonds is 6. The van der Waals surface area contributed by atoms with Gasteiger partial charge in [-0.15, -0.1) is 35.1 Å². The number of nitrogens with zero attached hydrogens (tertiary/aromatic N) is 4. The number of piperazine rings is 1. The third-order valence-corrected chi connectivity index (χ3v) is 7.89. The highest BCUT2D eigenvalue weighted by atomic mass is 35.5. The summed E-state index contributed by atoms with van der Waals surface area (Å²) in [5.41, 5.74) is 3.12. The molecule has 0 radical (unpaired) electrons. The Kier molecular flexibility index (Phi) is 8.69. The van der Waals surface area contributed by atoms with E-state index in [1.807, 2.05) is 43.0 Å². The highest BCUT2D eigenvalue weighted by molar-refractivity contribution is 7.15. The summed E-state index contributed by atoms with van der Waals surface area (Å²) in [7, 11) is 2.10. The van der Waals surface area contributed by atoms with Crippen molar-refractivity contribution in [2.24, 2.45) is 5.92 Å². The van der Waals surface area contributed by atoms with E-state index in [2.05, 4.69) is 22.3 Å². The van der Waals surface area contributed by atoms with Crippen LogP contribution in [0.25, 0.3) is 10.6 Å². The van der Waals surface area contributed by atoms with Gasteiger partial charge in [-0.25, -0.2) is 9.97 Å². The number of likely N-dealkylation sites (N-methyl/N-ethyl adjacent to an activating group) is 1. The summed E-state index contributed by atoms with van der Waals surface area (Å²) in [5.74, 6) is 0.0949. The van der Waals surface area contributed by atoms with E-state index in [9.17, 15) is 4.79 Å². The summed E-state index contributed by atoms with van der Waals surface area (Å²) in [4.78, 5) is 28.3. The van der Waals surface area contributed by atoms with E-state index in [4.69, 9.17) is 16.6 Å². The number of halogens is 2. The average molecular weight is 512 g/mol. The van der Waals surface area contributed by atoms with Gasteiger partial charge in [0, 0.05) is 48.9 Å². The summed E-state index contributed by atoms with van der Waals surface area (Å²) < 4.78 is 0. The van der Waals surface area contributed by atoms with Gasteiger partial charge in [0.25, 0.3) is 0 Å². The molecule has 2 aromatic heterocycles. The molecule has 3 aromatic rings. The lowest BCUT2D eigenvalue weighted by molar-refractivity contribution is -0.137. The Morgan fingerprint density at radius 3 is 2.41 bits per heavy atom. The Hall–Kier alpha value is -1.51. The van der Waals surface area contributed by atoms with E-state index < -0.39 is 0 Å². The number of thiazole rings is 2. The van der Waals surface area contributed by atoms with Crippen LogP contribution in [0.15, 0.2) is 29.6 Å². The predicted octanol–water partition coefficient (Wildman–Crippen LogP) is 5.13. The molecule has 1 fully saturated rings. The van der Waals surface area contributed by atoms with Crippen molar-refractivity contribution in [1.82, 2.24) is 19.8 Å². The molecule has 1 aliphatic heterocycles. The summed E-state index contributed by atoms with van der Waals surface area (Å²) >= 11 is 9.37. The van der Waals surface area contributed by atoms with Crippen molar-refractivity contribution < 1.29 is 4.79 Å². The molecule has 4 rings (SSSR count). The first-order valence-corrected chi connectivity index (χ1v) is 12.6. The fourth-order valence-corrected chi connectivity index (χ4v) is 5.87. The molecule has 0 bridgehead atoms. The maximum atomic E-state index is 13.5. The lowest BCUT2D eigenvalue weighted by atomic mass is 9.94. The molecule has 3 heterocycles. The second-order valence-corrected chi connectivity index (χ2v) is 10.7. The molecular weight excluding hydrogens is 483 g/mol. The van der Waals surface area contributed by atoms with Crippen molar-refractivity contribution in [2.45, 2.75) is 26.7 Å². The van der Waals surface area contributed by atoms with Crippen LogP contribution in [0.3, 0.4) is 0 Å². The molecule has 0 spiro atoms. The zero-order valence-electron chi connectivity index (χ0n) is 18.5. The predicted molar refractivity (Wildman–Crippen MR) is 136 cm³/mol. The van der Waals surface area contributed by atoms with Crippen LogP contribution >= 0.6 is 46.7 Å². The van der Waals surface area contributed by atoms with Gasteiger partial charge in [-0.1, -0.05) is 23.7 Å². The molecule has 0 aliphatic carbocycles. The Morgan fingerprint density at radius 2 is 1.78 bits per heavy atom. The summed E-state index contributed by atoms with van der Waals surface area (Å²) in [6, 6.07) is 7.82. The third-order valence-electron chi connectivity index (χ3n) is 5.67. The van der Waals surface area contributed by atoms with Crippen LogP contribution in [0.4, 0.5) is 0 Å². The zero-order chi connectivity index (χ0) is 22.0. The van der Waals surface area contributed by atoms with Crippen LogP contribution in [-0.2, 0) is 17.6 Å². The van der Waals surface area contributed by atoms with E-state index in [0.717, 1.165) is 58.0 Å². The lowest BCUT2D eigenvalue weighted by Crippen LogP contribution is -2.49. The van der Waals surface area contributed by atoms with Gasteiger partial charge in [-0.3, -0.25) is 4.79 Å². The normalized spacial score (nSPS) is 15.4. The van der Waals surface area contributed by atoms with Crippen LogP contribution in [-0.4, -0.2) is 58.9 Å². The first kappa shape index (κ1) is 25.1. The van der Waals surface area contributed by atoms with Crippen molar-refractivity contribution in [3.63, 3.8) is 0 Å². The molecule has 32 heavy (non-hydrogen) atoms. The van der Waals surface area contributed by atoms with E-state index in [1.165, 1.54) is 0 Å². The Bertz CT molecular complexity index is 1040. The van der Waals surface area contributed by atoms with E-state index in [1.54, 1.807) is 22.7 Å². The molecule has 9 heteroatoms. The maximum absolute atomic E-state index is 13.5. The first-order chi connectivity index (χ1) is 14.9. The number of hydrogen-bond acceptors (Lipinski definition) is 6. The van der Waals surface area contributed by atoms with Crippen LogP contribution in [0.2, 0.25) is 5.02 Å². The molecule has 172 valence electrons. The van der Waals surface area contributed by atoms with Gasteiger partial charge in [-0.05, 0) is 45.0 Å². The molecule has 1 aliphatic rings. The monoisotopic (exact) mass is 510 g/mol. The SMILES string of the molecule is Cc1nc(C)c(-c2csc(CC(Cc3ccc(Cl)cc3)C(=O)N3CCN(C)CC3)n2)s1.Cl. The number of hydrogen-bond donors (Lipinski definition) is 0. The molecule has 1 atom stereocenters. The molecule has 1 saturated heterocycles. The topological polar surface area (TPSA) is 49.3 Å². The number of carbonyl (C=O) groups is 1. The van der Waals surface area contributed by atoms with Gasteiger partial charge < -0.3 is 9.80 Å². The number of amides is 1. The number of aromatic nitrogens is 2. The Labute approximate surface area is 208 Å². The molecule has 1 aromatic carbocycles. The third kappa shape index (κ3) is 6.08. The van der Waals surface area contributed by atoms with E-state index in [0.29, 0.717) is 17.9 Å². The lowest BCUT2D eigenvalue weighted by Gasteiger charge is -2.34. The van der Waals surface area contributed by atoms with Crippen molar-refractivity contribution in [1.29, 1.82) is 0 Å². The molecule has 1 amide bonds. The molecule has 0 N–H and O–H groups in total. The second kappa shape index (κ2) is 11.1. The fourth-order valence-electron chi connectivity index (χ4n) is 3.93. The highest BCUT2D eigenvalue weighted by Gasteiger charge is 2.28. The van der Waals surface area contributed by atoms with Crippen LogP contribution < -0.4 is 0 Å².